The van der Waals surface area contributed by atoms with Crippen molar-refractivity contribution in [3.05, 3.63) is 41.9 Å². The molecule has 2 heterocycles. The number of nitrogens with one attached hydrogen (secondary N) is 1. The summed E-state index contributed by atoms with van der Waals surface area (Å²) in [6, 6.07) is 9.42. The van der Waals surface area contributed by atoms with Gasteiger partial charge in [0.15, 0.2) is 0 Å². The first-order valence-electron chi connectivity index (χ1n) is 9.58. The van der Waals surface area contributed by atoms with Crippen LogP contribution in [0.15, 0.2) is 30.3 Å². The highest BCUT2D eigenvalue weighted by molar-refractivity contribution is 7.86. The number of carbonyl (C=O) groups excluding carboxylic acids is 1. The van der Waals surface area contributed by atoms with Gasteiger partial charge >= 0.3 is 0 Å². The smallest absolute Gasteiger partial charge is 0.281 e. The Hall–Kier alpha value is -2.23. The maximum atomic E-state index is 12.7. The molecular weight excluding hydrogens is 378 g/mol. The SMILES string of the molecule is CCN(CC)S(=O)(=O)N1CCC(c2nc(-c3ccccc3)c(C(N)=O)[nH]2)CC1. The summed E-state index contributed by atoms with van der Waals surface area (Å²) >= 11 is 0. The highest BCUT2D eigenvalue weighted by Crippen LogP contribution is 2.31. The fourth-order valence-corrected chi connectivity index (χ4v) is 5.29. The van der Waals surface area contributed by atoms with E-state index in [0.29, 0.717) is 56.2 Å². The zero-order chi connectivity index (χ0) is 20.3. The molecule has 9 heteroatoms. The van der Waals surface area contributed by atoms with Crippen molar-refractivity contribution in [1.29, 1.82) is 0 Å². The summed E-state index contributed by atoms with van der Waals surface area (Å²) in [5, 5.41) is 0. The lowest BCUT2D eigenvalue weighted by molar-refractivity contribution is 0.0996. The predicted octanol–water partition coefficient (Wildman–Crippen LogP) is 1.94. The number of benzene rings is 1. The van der Waals surface area contributed by atoms with Crippen LogP contribution < -0.4 is 5.73 Å². The summed E-state index contributed by atoms with van der Waals surface area (Å²) in [6.07, 6.45) is 1.28. The minimum atomic E-state index is -3.43. The van der Waals surface area contributed by atoms with E-state index in [-0.39, 0.29) is 5.92 Å². The second kappa shape index (κ2) is 8.42. The first kappa shape index (κ1) is 20.5. The molecule has 0 radical (unpaired) electrons. The van der Waals surface area contributed by atoms with E-state index in [9.17, 15) is 13.2 Å². The number of nitrogens with zero attached hydrogens (tertiary/aromatic N) is 3. The van der Waals surface area contributed by atoms with Crippen LogP contribution in [0.4, 0.5) is 0 Å². The standard InChI is InChI=1S/C19H27N5O3S/c1-3-23(4-2)28(26,27)24-12-10-15(11-13-24)19-21-16(17(22-19)18(20)25)14-8-6-5-7-9-14/h5-9,15H,3-4,10-13H2,1-2H3,(H2,20,25)(H,21,22). The van der Waals surface area contributed by atoms with Crippen molar-refractivity contribution in [3.8, 4) is 11.3 Å². The average Bonchev–Trinajstić information content (AvgIpc) is 3.15. The molecule has 1 saturated heterocycles. The van der Waals surface area contributed by atoms with Gasteiger partial charge < -0.3 is 10.7 Å². The maximum Gasteiger partial charge on any atom is 0.281 e. The largest absolute Gasteiger partial charge is 0.364 e. The number of rotatable bonds is 7. The molecule has 0 saturated carbocycles. The van der Waals surface area contributed by atoms with Crippen molar-refractivity contribution >= 4 is 16.1 Å². The van der Waals surface area contributed by atoms with Gasteiger partial charge in [0, 0.05) is 37.7 Å². The highest BCUT2D eigenvalue weighted by Gasteiger charge is 2.33. The normalized spacial score (nSPS) is 16.5. The number of hydrogen-bond acceptors (Lipinski definition) is 4. The monoisotopic (exact) mass is 405 g/mol. The molecule has 8 nitrogen and oxygen atoms in total. The Labute approximate surface area is 165 Å². The average molecular weight is 406 g/mol. The zero-order valence-corrected chi connectivity index (χ0v) is 17.1. The van der Waals surface area contributed by atoms with Crippen molar-refractivity contribution < 1.29 is 13.2 Å². The molecule has 3 N–H and O–H groups in total. The van der Waals surface area contributed by atoms with Gasteiger partial charge in [0.2, 0.25) is 0 Å². The Bertz CT molecular complexity index is 914. The van der Waals surface area contributed by atoms with E-state index in [1.165, 1.54) is 8.61 Å². The third-order valence-electron chi connectivity index (χ3n) is 5.21. The minimum absolute atomic E-state index is 0.0544. The maximum absolute atomic E-state index is 12.7. The molecule has 1 aliphatic rings. The lowest BCUT2D eigenvalue weighted by atomic mass is 9.97. The number of piperidine rings is 1. The van der Waals surface area contributed by atoms with Crippen molar-refractivity contribution in [3.63, 3.8) is 0 Å². The van der Waals surface area contributed by atoms with E-state index in [4.69, 9.17) is 5.73 Å². The molecule has 28 heavy (non-hydrogen) atoms. The van der Waals surface area contributed by atoms with Gasteiger partial charge in [0.05, 0.1) is 0 Å². The molecule has 1 aromatic carbocycles. The highest BCUT2D eigenvalue weighted by atomic mass is 32.2. The fraction of sp³-hybridized carbons (Fsp3) is 0.474. The molecule has 1 aromatic heterocycles. The fourth-order valence-electron chi connectivity index (χ4n) is 3.64. The summed E-state index contributed by atoms with van der Waals surface area (Å²) in [4.78, 5) is 19.6. The third kappa shape index (κ3) is 3.96. The molecule has 0 bridgehead atoms. The quantitative estimate of drug-likeness (QED) is 0.733. The van der Waals surface area contributed by atoms with Crippen LogP contribution in [0.3, 0.4) is 0 Å². The molecule has 3 rings (SSSR count). The lowest BCUT2D eigenvalue weighted by Gasteiger charge is -2.33. The van der Waals surface area contributed by atoms with Crippen molar-refractivity contribution in [2.75, 3.05) is 26.2 Å². The Morgan fingerprint density at radius 2 is 1.82 bits per heavy atom. The zero-order valence-electron chi connectivity index (χ0n) is 16.3. The number of carbonyl (C=O) groups is 1. The van der Waals surface area contributed by atoms with Gasteiger partial charge in [-0.1, -0.05) is 44.2 Å². The summed E-state index contributed by atoms with van der Waals surface area (Å²) in [6.45, 7) is 5.45. The van der Waals surface area contributed by atoms with Gasteiger partial charge in [0.25, 0.3) is 16.1 Å². The van der Waals surface area contributed by atoms with Crippen molar-refractivity contribution in [1.82, 2.24) is 18.6 Å². The van der Waals surface area contributed by atoms with E-state index >= 15 is 0 Å². The molecule has 0 unspecified atom stereocenters. The van der Waals surface area contributed by atoms with E-state index < -0.39 is 16.1 Å². The molecule has 0 spiro atoms. The molecule has 0 aliphatic carbocycles. The second-order valence-corrected chi connectivity index (χ2v) is 8.77. The molecular formula is C19H27N5O3S. The van der Waals surface area contributed by atoms with E-state index in [1.54, 1.807) is 0 Å². The van der Waals surface area contributed by atoms with Crippen LogP contribution in [0, 0.1) is 0 Å². The van der Waals surface area contributed by atoms with E-state index in [0.717, 1.165) is 5.56 Å². The van der Waals surface area contributed by atoms with E-state index in [1.807, 2.05) is 44.2 Å². The molecule has 0 atom stereocenters. The number of amides is 1. The summed E-state index contributed by atoms with van der Waals surface area (Å²) < 4.78 is 28.4. The van der Waals surface area contributed by atoms with Crippen molar-refractivity contribution in [2.45, 2.75) is 32.6 Å². The number of nitrogens with two attached hydrogens (primary N) is 1. The van der Waals surface area contributed by atoms with Crippen LogP contribution in [0.25, 0.3) is 11.3 Å². The lowest BCUT2D eigenvalue weighted by Crippen LogP contribution is -2.46. The van der Waals surface area contributed by atoms with E-state index in [2.05, 4.69) is 9.97 Å². The number of aromatic nitrogens is 2. The van der Waals surface area contributed by atoms with Gasteiger partial charge in [-0.2, -0.15) is 17.0 Å². The number of imidazole rings is 1. The minimum Gasteiger partial charge on any atom is -0.364 e. The molecule has 1 amide bonds. The van der Waals surface area contributed by atoms with Crippen LogP contribution in [0.5, 0.6) is 0 Å². The van der Waals surface area contributed by atoms with Crippen LogP contribution in [-0.4, -0.2) is 59.1 Å². The third-order valence-corrected chi connectivity index (χ3v) is 7.40. The first-order valence-corrected chi connectivity index (χ1v) is 11.0. The predicted molar refractivity (Wildman–Crippen MR) is 108 cm³/mol. The Kier molecular flexibility index (Phi) is 6.17. The molecule has 1 aliphatic heterocycles. The Balaban J connectivity index is 1.79. The van der Waals surface area contributed by atoms with Gasteiger partial charge in [-0.3, -0.25) is 4.79 Å². The topological polar surface area (TPSA) is 112 Å². The van der Waals surface area contributed by atoms with Crippen LogP contribution >= 0.6 is 0 Å². The number of aromatic amines is 1. The van der Waals surface area contributed by atoms with Crippen LogP contribution in [0.1, 0.15) is 48.9 Å². The van der Waals surface area contributed by atoms with Gasteiger partial charge in [-0.15, -0.1) is 0 Å². The first-order chi connectivity index (χ1) is 13.4. The molecule has 152 valence electrons. The van der Waals surface area contributed by atoms with Gasteiger partial charge in [-0.05, 0) is 12.8 Å². The molecule has 1 fully saturated rings. The van der Waals surface area contributed by atoms with Crippen LogP contribution in [-0.2, 0) is 10.2 Å². The Morgan fingerprint density at radius 1 is 1.21 bits per heavy atom. The number of hydrogen-bond donors (Lipinski definition) is 2. The summed E-state index contributed by atoms with van der Waals surface area (Å²) in [5.74, 6) is 0.186. The number of primary amides is 1. The van der Waals surface area contributed by atoms with Gasteiger partial charge in [-0.25, -0.2) is 4.98 Å². The van der Waals surface area contributed by atoms with Gasteiger partial charge in [0.1, 0.15) is 17.2 Å². The summed E-state index contributed by atoms with van der Waals surface area (Å²) in [5.41, 5.74) is 7.19. The summed E-state index contributed by atoms with van der Waals surface area (Å²) in [7, 11) is -3.43. The second-order valence-electron chi connectivity index (χ2n) is 6.84. The molecule has 2 aromatic rings. The number of H-pyrrole nitrogens is 1. The van der Waals surface area contributed by atoms with Crippen molar-refractivity contribution in [2.24, 2.45) is 5.73 Å². The Morgan fingerprint density at radius 3 is 2.36 bits per heavy atom. The van der Waals surface area contributed by atoms with Crippen LogP contribution in [0.2, 0.25) is 0 Å².